The van der Waals surface area contributed by atoms with Crippen LogP contribution in [-0.2, 0) is 21.5 Å². The van der Waals surface area contributed by atoms with Gasteiger partial charge in [-0.1, -0.05) is 0 Å². The summed E-state index contributed by atoms with van der Waals surface area (Å²) in [6.07, 6.45) is 0. The van der Waals surface area contributed by atoms with E-state index in [-0.39, 0.29) is 0 Å². The van der Waals surface area contributed by atoms with E-state index in [0.717, 1.165) is 5.02 Å². The van der Waals surface area contributed by atoms with Gasteiger partial charge in [0.05, 0.1) is 0 Å². The summed E-state index contributed by atoms with van der Waals surface area (Å²) < 4.78 is 1.95. The van der Waals surface area contributed by atoms with E-state index in [2.05, 4.69) is 0 Å². The van der Waals surface area contributed by atoms with Gasteiger partial charge in [0.2, 0.25) is 0 Å². The zero-order chi connectivity index (χ0) is 4.12. The third-order valence-corrected chi connectivity index (χ3v) is 1.83. The summed E-state index contributed by atoms with van der Waals surface area (Å²) >= 11 is -0.708. The first-order valence-corrected chi connectivity index (χ1v) is 5.35. The van der Waals surface area contributed by atoms with Crippen molar-refractivity contribution in [3.05, 3.63) is 0 Å². The second-order valence-corrected chi connectivity index (χ2v) is 4.65. The average Bonchev–Trinajstić information content (AvgIpc) is 1.41. The predicted molar refractivity (Wildman–Crippen MR) is 16.2 cm³/mol. The standard InChI is InChI=1S/C2H5.CO.Zn/c2*1-2;/h1H2,2H3;;. The molecular weight excluding hydrogens is 117 g/mol. The van der Waals surface area contributed by atoms with Gasteiger partial charge < -0.3 is 0 Å². The van der Waals surface area contributed by atoms with Crippen molar-refractivity contribution in [1.82, 2.24) is 0 Å². The van der Waals surface area contributed by atoms with Crippen LogP contribution in [0.5, 0.6) is 0 Å². The minimum atomic E-state index is -0.708. The molecule has 0 radical (unpaired) electrons. The monoisotopic (exact) mass is 121 g/mol. The molecule has 0 saturated heterocycles. The van der Waals surface area contributed by atoms with Crippen LogP contribution in [0.4, 0.5) is 0 Å². The van der Waals surface area contributed by atoms with E-state index in [1.807, 2.05) is 11.4 Å². The van der Waals surface area contributed by atoms with E-state index in [4.69, 9.17) is 0 Å². The van der Waals surface area contributed by atoms with Crippen molar-refractivity contribution in [2.45, 2.75) is 11.9 Å². The van der Waals surface area contributed by atoms with Gasteiger partial charge in [-0.15, -0.1) is 0 Å². The number of hydrogen-bond donors (Lipinski definition) is 0. The van der Waals surface area contributed by atoms with E-state index in [1.54, 1.807) is 0 Å². The van der Waals surface area contributed by atoms with E-state index in [1.165, 1.54) is 0 Å². The van der Waals surface area contributed by atoms with E-state index in [0.29, 0.717) is 0 Å². The van der Waals surface area contributed by atoms with Crippen LogP contribution in [0.2, 0.25) is 5.02 Å². The molecule has 0 saturated carbocycles. The summed E-state index contributed by atoms with van der Waals surface area (Å²) in [5.74, 6) is 0. The summed E-state index contributed by atoms with van der Waals surface area (Å²) in [6.45, 7) is 2.03. The molecule has 0 N–H and O–H groups in total. The molecule has 5 heavy (non-hydrogen) atoms. The Morgan fingerprint density at radius 1 is 2.00 bits per heavy atom. The maximum absolute atomic E-state index is 9.36. The quantitative estimate of drug-likeness (QED) is 0.465. The molecule has 0 aromatic heterocycles. The zero-order valence-electron chi connectivity index (χ0n) is 3.32. The van der Waals surface area contributed by atoms with E-state index < -0.39 is 16.7 Å². The fourth-order valence-corrected chi connectivity index (χ4v) is 0.530. The SMILES string of the molecule is C[CH2][Zn]=[C]=O. The van der Waals surface area contributed by atoms with Crippen molar-refractivity contribution in [2.75, 3.05) is 0 Å². The first-order chi connectivity index (χ1) is 2.41. The molecule has 1 nitrogen and oxygen atoms in total. The van der Waals surface area contributed by atoms with Crippen LogP contribution in [0.25, 0.3) is 0 Å². The molecule has 0 fully saturated rings. The molecule has 0 rings (SSSR count). The Morgan fingerprint density at radius 2 is 2.60 bits per heavy atom. The molecule has 0 aromatic rings. The topological polar surface area (TPSA) is 17.1 Å². The molecule has 0 aliphatic rings. The Bertz CT molecular complexity index is 53.9. The molecule has 0 bridgehead atoms. The van der Waals surface area contributed by atoms with Crippen molar-refractivity contribution >= 4 is 4.47 Å². The molecule has 0 aliphatic carbocycles. The molecule has 0 atom stereocenters. The fraction of sp³-hybridized carbons (Fsp3) is 0.667. The third kappa shape index (κ3) is 4.20. The second-order valence-electron chi connectivity index (χ2n) is 0.894. The van der Waals surface area contributed by atoms with Gasteiger partial charge in [-0.2, -0.15) is 0 Å². The van der Waals surface area contributed by atoms with Crippen molar-refractivity contribution in [1.29, 1.82) is 0 Å². The van der Waals surface area contributed by atoms with Crippen LogP contribution in [0.1, 0.15) is 6.92 Å². The van der Waals surface area contributed by atoms with Crippen LogP contribution >= 0.6 is 0 Å². The Kier molecular flexibility index (Phi) is 4.37. The molecule has 0 unspecified atom stereocenters. The van der Waals surface area contributed by atoms with Gasteiger partial charge >= 0.3 is 37.9 Å². The summed E-state index contributed by atoms with van der Waals surface area (Å²) in [5, 5.41) is 1.11. The van der Waals surface area contributed by atoms with Crippen molar-refractivity contribution < 1.29 is 21.5 Å². The molecule has 0 heterocycles. The van der Waals surface area contributed by atoms with Gasteiger partial charge in [0, 0.05) is 0 Å². The van der Waals surface area contributed by atoms with Gasteiger partial charge in [0.25, 0.3) is 0 Å². The van der Waals surface area contributed by atoms with Gasteiger partial charge in [0.1, 0.15) is 0 Å². The first-order valence-electron chi connectivity index (χ1n) is 1.76. The van der Waals surface area contributed by atoms with Crippen LogP contribution in [0, 0.1) is 0 Å². The summed E-state index contributed by atoms with van der Waals surface area (Å²) in [7, 11) is 0. The number of rotatable bonds is 1. The molecule has 0 spiro atoms. The second kappa shape index (κ2) is 4.20. The van der Waals surface area contributed by atoms with Crippen molar-refractivity contribution in [2.24, 2.45) is 0 Å². The zero-order valence-corrected chi connectivity index (χ0v) is 6.29. The molecule has 25 valence electrons. The average molecular weight is 122 g/mol. The summed E-state index contributed by atoms with van der Waals surface area (Å²) in [5.41, 5.74) is 0. The van der Waals surface area contributed by atoms with Crippen molar-refractivity contribution in [3.63, 3.8) is 0 Å². The fourth-order valence-electron chi connectivity index (χ4n) is 0.102. The van der Waals surface area contributed by atoms with E-state index in [9.17, 15) is 4.79 Å². The molecule has 2 heteroatoms. The van der Waals surface area contributed by atoms with Gasteiger partial charge in [-0.05, 0) is 0 Å². The van der Waals surface area contributed by atoms with E-state index >= 15 is 0 Å². The van der Waals surface area contributed by atoms with Crippen molar-refractivity contribution in [3.8, 4) is 0 Å². The Morgan fingerprint density at radius 3 is 2.60 bits per heavy atom. The first kappa shape index (κ1) is 5.20. The maximum atomic E-state index is 9.36. The Labute approximate surface area is 38.5 Å². The molecule has 0 amide bonds. The van der Waals surface area contributed by atoms with Crippen LogP contribution < -0.4 is 0 Å². The molecular formula is C3H5OZn. The summed E-state index contributed by atoms with van der Waals surface area (Å²) in [6, 6.07) is 0. The summed E-state index contributed by atoms with van der Waals surface area (Å²) in [4.78, 5) is 9.36. The van der Waals surface area contributed by atoms with Crippen LogP contribution in [-0.4, -0.2) is 4.47 Å². The third-order valence-electron chi connectivity index (χ3n) is 0.352. The predicted octanol–water partition coefficient (Wildman–Crippen LogP) is 0.574. The van der Waals surface area contributed by atoms with Crippen LogP contribution in [0.15, 0.2) is 0 Å². The van der Waals surface area contributed by atoms with Gasteiger partial charge in [-0.25, -0.2) is 0 Å². The molecule has 0 aromatic carbocycles. The Hall–Kier alpha value is 0.203. The van der Waals surface area contributed by atoms with Crippen LogP contribution in [0.3, 0.4) is 0 Å². The number of hydrogen-bond acceptors (Lipinski definition) is 1. The minimum absolute atomic E-state index is 0.708. The number of carbonyl (C=O) groups excluding carboxylic acids is 1. The van der Waals surface area contributed by atoms with Gasteiger partial charge in [0.15, 0.2) is 0 Å². The van der Waals surface area contributed by atoms with Gasteiger partial charge in [-0.3, -0.25) is 0 Å². The Balaban J connectivity index is 2.93. The molecule has 0 aliphatic heterocycles. The normalized spacial score (nSPS) is 5.00.